The minimum absolute atomic E-state index is 0.0287. The van der Waals surface area contributed by atoms with E-state index < -0.39 is 0 Å². The van der Waals surface area contributed by atoms with E-state index in [-0.39, 0.29) is 12.6 Å². The topological polar surface area (TPSA) is 46.2 Å². The number of hydrogen-bond acceptors (Lipinski definition) is 2. The molecule has 0 unspecified atom stereocenters. The Morgan fingerprint density at radius 2 is 1.61 bits per heavy atom. The Morgan fingerprint density at radius 1 is 0.889 bits per heavy atom. The number of nitrogens with two attached hydrogens (primary N) is 1. The lowest BCUT2D eigenvalue weighted by atomic mass is 9.98. The van der Waals surface area contributed by atoms with E-state index in [4.69, 9.17) is 10.8 Å². The van der Waals surface area contributed by atoms with Crippen LogP contribution < -0.4 is 5.73 Å². The first-order valence-electron chi connectivity index (χ1n) is 6.07. The van der Waals surface area contributed by atoms with Crippen LogP contribution in [0.15, 0.2) is 54.6 Å². The van der Waals surface area contributed by atoms with Crippen molar-refractivity contribution in [3.63, 3.8) is 0 Å². The van der Waals surface area contributed by atoms with Crippen molar-refractivity contribution in [2.75, 3.05) is 6.61 Å². The minimum Gasteiger partial charge on any atom is -0.394 e. The third kappa shape index (κ3) is 1.76. The molecule has 0 saturated carbocycles. The van der Waals surface area contributed by atoms with Crippen LogP contribution in [0.1, 0.15) is 11.6 Å². The second kappa shape index (κ2) is 4.41. The molecule has 0 aliphatic carbocycles. The van der Waals surface area contributed by atoms with Crippen molar-refractivity contribution in [3.05, 3.63) is 60.2 Å². The Hall–Kier alpha value is -1.90. The highest BCUT2D eigenvalue weighted by molar-refractivity contribution is 6.07. The predicted octanol–water partition coefficient (Wildman–Crippen LogP) is 2.99. The van der Waals surface area contributed by atoms with Gasteiger partial charge in [0.15, 0.2) is 0 Å². The van der Waals surface area contributed by atoms with E-state index in [1.54, 1.807) is 0 Å². The Labute approximate surface area is 106 Å². The van der Waals surface area contributed by atoms with Crippen LogP contribution in [-0.2, 0) is 0 Å². The Balaban J connectivity index is 2.28. The van der Waals surface area contributed by atoms with Crippen molar-refractivity contribution in [2.24, 2.45) is 5.73 Å². The van der Waals surface area contributed by atoms with Crippen LogP contribution >= 0.6 is 0 Å². The first-order chi connectivity index (χ1) is 8.79. The van der Waals surface area contributed by atoms with Gasteiger partial charge in [-0.1, -0.05) is 48.5 Å². The van der Waals surface area contributed by atoms with Gasteiger partial charge in [-0.25, -0.2) is 0 Å². The monoisotopic (exact) mass is 237 g/mol. The van der Waals surface area contributed by atoms with Gasteiger partial charge in [-0.05, 0) is 33.2 Å². The lowest BCUT2D eigenvalue weighted by Gasteiger charge is -2.10. The Kier molecular flexibility index (Phi) is 2.74. The summed E-state index contributed by atoms with van der Waals surface area (Å²) in [6.07, 6.45) is 0. The molecule has 0 aliphatic rings. The molecule has 3 N–H and O–H groups in total. The minimum atomic E-state index is -0.305. The van der Waals surface area contributed by atoms with Crippen LogP contribution in [0.4, 0.5) is 0 Å². The number of fused-ring (bicyclic) bond motifs is 3. The van der Waals surface area contributed by atoms with Gasteiger partial charge in [-0.3, -0.25) is 0 Å². The van der Waals surface area contributed by atoms with Gasteiger partial charge in [0, 0.05) is 0 Å². The molecule has 0 aromatic heterocycles. The van der Waals surface area contributed by atoms with Gasteiger partial charge in [-0.15, -0.1) is 0 Å². The third-order valence-electron chi connectivity index (χ3n) is 3.39. The SMILES string of the molecule is N[C@@H](CO)c1ccc2c(ccc3ccccc32)c1. The van der Waals surface area contributed by atoms with Crippen molar-refractivity contribution in [1.82, 2.24) is 0 Å². The van der Waals surface area contributed by atoms with Crippen molar-refractivity contribution >= 4 is 21.5 Å². The summed E-state index contributed by atoms with van der Waals surface area (Å²) in [7, 11) is 0. The van der Waals surface area contributed by atoms with Gasteiger partial charge in [0.2, 0.25) is 0 Å². The fraction of sp³-hybridized carbons (Fsp3) is 0.125. The maximum absolute atomic E-state index is 9.11. The fourth-order valence-corrected chi connectivity index (χ4v) is 2.37. The van der Waals surface area contributed by atoms with Crippen LogP contribution in [0.5, 0.6) is 0 Å². The van der Waals surface area contributed by atoms with E-state index >= 15 is 0 Å². The van der Waals surface area contributed by atoms with Gasteiger partial charge in [-0.2, -0.15) is 0 Å². The molecule has 0 radical (unpaired) electrons. The lowest BCUT2D eigenvalue weighted by Crippen LogP contribution is -2.14. The number of aliphatic hydroxyl groups excluding tert-OH is 1. The predicted molar refractivity (Wildman–Crippen MR) is 75.5 cm³/mol. The normalized spacial score (nSPS) is 13.0. The average molecular weight is 237 g/mol. The quantitative estimate of drug-likeness (QED) is 0.673. The zero-order valence-corrected chi connectivity index (χ0v) is 10.0. The molecular weight excluding hydrogens is 222 g/mol. The molecule has 3 aromatic rings. The van der Waals surface area contributed by atoms with E-state index in [9.17, 15) is 0 Å². The molecule has 0 saturated heterocycles. The van der Waals surface area contributed by atoms with Gasteiger partial charge >= 0.3 is 0 Å². The maximum Gasteiger partial charge on any atom is 0.0624 e. The van der Waals surface area contributed by atoms with Gasteiger partial charge < -0.3 is 10.8 Å². The molecule has 2 heteroatoms. The molecule has 3 rings (SSSR count). The van der Waals surface area contributed by atoms with Crippen LogP contribution in [-0.4, -0.2) is 11.7 Å². The molecule has 0 bridgehead atoms. The van der Waals surface area contributed by atoms with Crippen LogP contribution in [0.25, 0.3) is 21.5 Å². The second-order valence-corrected chi connectivity index (χ2v) is 4.56. The summed E-state index contributed by atoms with van der Waals surface area (Å²) in [6.45, 7) is -0.0287. The summed E-state index contributed by atoms with van der Waals surface area (Å²) in [6, 6.07) is 18.4. The highest BCUT2D eigenvalue weighted by Crippen LogP contribution is 2.27. The molecule has 2 nitrogen and oxygen atoms in total. The number of benzene rings is 3. The lowest BCUT2D eigenvalue weighted by molar-refractivity contribution is 0.268. The number of hydrogen-bond donors (Lipinski definition) is 2. The zero-order chi connectivity index (χ0) is 12.5. The van der Waals surface area contributed by atoms with Crippen LogP contribution in [0, 0.1) is 0 Å². The zero-order valence-electron chi connectivity index (χ0n) is 10.0. The highest BCUT2D eigenvalue weighted by Gasteiger charge is 2.06. The molecule has 18 heavy (non-hydrogen) atoms. The molecule has 0 fully saturated rings. The van der Waals surface area contributed by atoms with Crippen molar-refractivity contribution in [1.29, 1.82) is 0 Å². The van der Waals surface area contributed by atoms with E-state index in [0.717, 1.165) is 10.9 Å². The second-order valence-electron chi connectivity index (χ2n) is 4.56. The summed E-state index contributed by atoms with van der Waals surface area (Å²) in [5.74, 6) is 0. The summed E-state index contributed by atoms with van der Waals surface area (Å²) in [4.78, 5) is 0. The molecule has 90 valence electrons. The number of aliphatic hydroxyl groups is 1. The highest BCUT2D eigenvalue weighted by atomic mass is 16.3. The molecule has 0 spiro atoms. The fourth-order valence-electron chi connectivity index (χ4n) is 2.37. The van der Waals surface area contributed by atoms with Crippen LogP contribution in [0.3, 0.4) is 0 Å². The summed E-state index contributed by atoms with van der Waals surface area (Å²) >= 11 is 0. The van der Waals surface area contributed by atoms with Crippen LogP contribution in [0.2, 0.25) is 0 Å². The van der Waals surface area contributed by atoms with Crippen molar-refractivity contribution < 1.29 is 5.11 Å². The molecule has 1 atom stereocenters. The van der Waals surface area contributed by atoms with Crippen molar-refractivity contribution in [3.8, 4) is 0 Å². The first kappa shape index (κ1) is 11.2. The standard InChI is InChI=1S/C16H15NO/c17-16(10-18)13-7-8-15-12(9-13)6-5-11-3-1-2-4-14(11)15/h1-9,16,18H,10,17H2/t16-/m0/s1. The number of rotatable bonds is 2. The van der Waals surface area contributed by atoms with E-state index in [1.165, 1.54) is 16.2 Å². The molecular formula is C16H15NO. The largest absolute Gasteiger partial charge is 0.394 e. The van der Waals surface area contributed by atoms with Gasteiger partial charge in [0.25, 0.3) is 0 Å². The summed E-state index contributed by atoms with van der Waals surface area (Å²) in [5, 5.41) is 14.0. The smallest absolute Gasteiger partial charge is 0.0624 e. The van der Waals surface area contributed by atoms with E-state index in [1.807, 2.05) is 12.1 Å². The summed E-state index contributed by atoms with van der Waals surface area (Å²) in [5.41, 5.74) is 6.82. The van der Waals surface area contributed by atoms with Gasteiger partial charge in [0.05, 0.1) is 12.6 Å². The molecule has 0 aliphatic heterocycles. The Morgan fingerprint density at radius 3 is 2.44 bits per heavy atom. The van der Waals surface area contributed by atoms with Crippen molar-refractivity contribution in [2.45, 2.75) is 6.04 Å². The van der Waals surface area contributed by atoms with Gasteiger partial charge in [0.1, 0.15) is 0 Å². The summed E-state index contributed by atoms with van der Waals surface area (Å²) < 4.78 is 0. The Bertz CT molecular complexity index is 706. The molecule has 3 aromatic carbocycles. The average Bonchev–Trinajstić information content (AvgIpc) is 2.45. The van der Waals surface area contributed by atoms with E-state index in [0.29, 0.717) is 0 Å². The van der Waals surface area contributed by atoms with E-state index in [2.05, 4.69) is 42.5 Å². The maximum atomic E-state index is 9.11. The molecule has 0 amide bonds. The third-order valence-corrected chi connectivity index (χ3v) is 3.39. The molecule has 0 heterocycles. The first-order valence-corrected chi connectivity index (χ1v) is 6.07.